The monoisotopic (exact) mass is 613 g/mol. The van der Waals surface area contributed by atoms with Crippen LogP contribution in [0.4, 0.5) is 5.69 Å². The second kappa shape index (κ2) is 13.8. The summed E-state index contributed by atoms with van der Waals surface area (Å²) in [5.74, 6) is -0.755. The lowest BCUT2D eigenvalue weighted by atomic mass is 10.1. The highest BCUT2D eigenvalue weighted by Gasteiger charge is 2.32. The van der Waals surface area contributed by atoms with Crippen molar-refractivity contribution in [3.05, 3.63) is 94.0 Å². The first kappa shape index (κ1) is 30.4. The van der Waals surface area contributed by atoms with Crippen LogP contribution in [-0.2, 0) is 26.2 Å². The fourth-order valence-corrected chi connectivity index (χ4v) is 5.78. The normalized spacial score (nSPS) is 12.0. The minimum absolute atomic E-state index is 0.0828. The molecule has 1 atom stereocenters. The van der Waals surface area contributed by atoms with Crippen LogP contribution in [0, 0.1) is 13.8 Å². The fourth-order valence-electron chi connectivity index (χ4n) is 4.10. The van der Waals surface area contributed by atoms with E-state index in [9.17, 15) is 18.0 Å². The van der Waals surface area contributed by atoms with E-state index in [1.165, 1.54) is 17.0 Å². The van der Waals surface area contributed by atoms with Gasteiger partial charge in [0, 0.05) is 17.6 Å². The van der Waals surface area contributed by atoms with Gasteiger partial charge in [0.2, 0.25) is 11.8 Å². The summed E-state index contributed by atoms with van der Waals surface area (Å²) >= 11 is 3.39. The molecule has 9 heteroatoms. The Morgan fingerprint density at radius 1 is 0.949 bits per heavy atom. The number of hydrogen-bond donors (Lipinski definition) is 1. The largest absolute Gasteiger partial charge is 0.354 e. The number of hydrogen-bond acceptors (Lipinski definition) is 4. The van der Waals surface area contributed by atoms with Crippen LogP contribution >= 0.6 is 15.9 Å². The number of nitrogens with zero attached hydrogens (tertiary/aromatic N) is 2. The number of unbranched alkanes of at least 4 members (excludes halogenated alkanes) is 1. The minimum Gasteiger partial charge on any atom is -0.354 e. The van der Waals surface area contributed by atoms with Crippen molar-refractivity contribution >= 4 is 43.5 Å². The highest BCUT2D eigenvalue weighted by molar-refractivity contribution is 9.10. The molecule has 0 aliphatic rings. The third-order valence-corrected chi connectivity index (χ3v) is 8.75. The molecule has 0 radical (unpaired) electrons. The summed E-state index contributed by atoms with van der Waals surface area (Å²) in [5.41, 5.74) is 3.15. The quantitative estimate of drug-likeness (QED) is 0.270. The molecule has 0 unspecified atom stereocenters. The van der Waals surface area contributed by atoms with Gasteiger partial charge in [-0.15, -0.1) is 0 Å². The Morgan fingerprint density at radius 2 is 1.62 bits per heavy atom. The summed E-state index contributed by atoms with van der Waals surface area (Å²) in [5, 5.41) is 2.90. The molecule has 0 saturated heterocycles. The molecule has 3 aromatic carbocycles. The Hall–Kier alpha value is -3.17. The molecular formula is C30H36BrN3O4S. The smallest absolute Gasteiger partial charge is 0.264 e. The second-order valence-corrected chi connectivity index (χ2v) is 12.4. The molecular weight excluding hydrogens is 578 g/mol. The zero-order valence-electron chi connectivity index (χ0n) is 22.9. The average molecular weight is 615 g/mol. The van der Waals surface area contributed by atoms with Crippen molar-refractivity contribution in [3.8, 4) is 0 Å². The van der Waals surface area contributed by atoms with Crippen LogP contribution in [0.1, 0.15) is 43.4 Å². The van der Waals surface area contributed by atoms with Crippen molar-refractivity contribution in [3.63, 3.8) is 0 Å². The Balaban J connectivity index is 1.99. The zero-order chi connectivity index (χ0) is 28.6. The van der Waals surface area contributed by atoms with Crippen LogP contribution in [0.15, 0.2) is 82.2 Å². The molecule has 39 heavy (non-hydrogen) atoms. The first-order valence-electron chi connectivity index (χ1n) is 13.0. The number of sulfonamides is 1. The molecule has 0 bridgehead atoms. The predicted molar refractivity (Wildman–Crippen MR) is 159 cm³/mol. The Kier molecular flexibility index (Phi) is 10.7. The second-order valence-electron chi connectivity index (χ2n) is 9.63. The van der Waals surface area contributed by atoms with Crippen molar-refractivity contribution in [2.24, 2.45) is 0 Å². The maximum Gasteiger partial charge on any atom is 0.264 e. The highest BCUT2D eigenvalue weighted by Crippen LogP contribution is 2.26. The molecule has 1 N–H and O–H groups in total. The Bertz CT molecular complexity index is 1380. The molecule has 0 fully saturated rings. The third-order valence-electron chi connectivity index (χ3n) is 6.43. The standard InChI is InChI=1S/C30H36BrN3O4S/c1-5-6-18-32-30(36)24(4)33(20-25-9-7-8-23(3)19-25)29(35)21-34(27-14-12-26(31)13-15-27)39(37,38)28-16-10-22(2)11-17-28/h7-17,19,24H,5-6,18,20-21H2,1-4H3,(H,32,36)/t24-/m0/s1. The number of anilines is 1. The third kappa shape index (κ3) is 8.16. The van der Waals surface area contributed by atoms with Crippen molar-refractivity contribution in [1.29, 1.82) is 0 Å². The number of rotatable bonds is 12. The van der Waals surface area contributed by atoms with Gasteiger partial charge in [-0.2, -0.15) is 0 Å². The number of halogens is 1. The average Bonchev–Trinajstić information content (AvgIpc) is 2.90. The van der Waals surface area contributed by atoms with E-state index in [4.69, 9.17) is 0 Å². The van der Waals surface area contributed by atoms with Gasteiger partial charge in [-0.1, -0.05) is 76.8 Å². The maximum atomic E-state index is 13.9. The van der Waals surface area contributed by atoms with Gasteiger partial charge in [0.25, 0.3) is 10.0 Å². The Morgan fingerprint density at radius 3 is 2.23 bits per heavy atom. The summed E-state index contributed by atoms with van der Waals surface area (Å²) in [6.45, 7) is 7.76. The summed E-state index contributed by atoms with van der Waals surface area (Å²) in [7, 11) is -4.09. The first-order chi connectivity index (χ1) is 18.5. The first-order valence-corrected chi connectivity index (χ1v) is 15.2. The topological polar surface area (TPSA) is 86.8 Å². The zero-order valence-corrected chi connectivity index (χ0v) is 25.3. The number of aryl methyl sites for hydroxylation is 2. The van der Waals surface area contributed by atoms with E-state index < -0.39 is 28.5 Å². The molecule has 0 saturated carbocycles. The van der Waals surface area contributed by atoms with E-state index in [1.54, 1.807) is 43.3 Å². The van der Waals surface area contributed by atoms with Crippen LogP contribution in [0.3, 0.4) is 0 Å². The lowest BCUT2D eigenvalue weighted by Gasteiger charge is -2.32. The fraction of sp³-hybridized carbons (Fsp3) is 0.333. The molecule has 0 aromatic heterocycles. The molecule has 3 aromatic rings. The number of amides is 2. The summed E-state index contributed by atoms with van der Waals surface area (Å²) < 4.78 is 29.6. The van der Waals surface area contributed by atoms with Gasteiger partial charge in [0.15, 0.2) is 0 Å². The van der Waals surface area contributed by atoms with Gasteiger partial charge in [0.05, 0.1) is 10.6 Å². The molecule has 7 nitrogen and oxygen atoms in total. The van der Waals surface area contributed by atoms with Crippen molar-refractivity contribution in [1.82, 2.24) is 10.2 Å². The van der Waals surface area contributed by atoms with Crippen LogP contribution < -0.4 is 9.62 Å². The van der Waals surface area contributed by atoms with E-state index in [1.807, 2.05) is 45.0 Å². The van der Waals surface area contributed by atoms with E-state index in [-0.39, 0.29) is 17.3 Å². The van der Waals surface area contributed by atoms with E-state index >= 15 is 0 Å². The lowest BCUT2D eigenvalue weighted by molar-refractivity contribution is -0.139. The summed E-state index contributed by atoms with van der Waals surface area (Å²) in [6.07, 6.45) is 1.76. The van der Waals surface area contributed by atoms with Crippen LogP contribution in [0.25, 0.3) is 0 Å². The van der Waals surface area contributed by atoms with Gasteiger partial charge in [0.1, 0.15) is 12.6 Å². The van der Waals surface area contributed by atoms with Gasteiger partial charge in [-0.05, 0) is 69.2 Å². The van der Waals surface area contributed by atoms with Gasteiger partial charge in [-0.25, -0.2) is 8.42 Å². The predicted octanol–water partition coefficient (Wildman–Crippen LogP) is 5.59. The lowest BCUT2D eigenvalue weighted by Crippen LogP contribution is -2.51. The Labute approximate surface area is 240 Å². The van der Waals surface area contributed by atoms with Gasteiger partial charge >= 0.3 is 0 Å². The maximum absolute atomic E-state index is 13.9. The molecule has 3 rings (SSSR count). The SMILES string of the molecule is CCCCNC(=O)[C@H](C)N(Cc1cccc(C)c1)C(=O)CN(c1ccc(Br)cc1)S(=O)(=O)c1ccc(C)cc1. The number of nitrogens with one attached hydrogen (secondary N) is 1. The van der Waals surface area contributed by atoms with Crippen LogP contribution in [0.5, 0.6) is 0 Å². The number of benzene rings is 3. The molecule has 0 heterocycles. The molecule has 0 aliphatic carbocycles. The highest BCUT2D eigenvalue weighted by atomic mass is 79.9. The van der Waals surface area contributed by atoms with Crippen LogP contribution in [-0.4, -0.2) is 44.3 Å². The molecule has 208 valence electrons. The van der Waals surface area contributed by atoms with Crippen molar-refractivity contribution in [2.75, 3.05) is 17.4 Å². The minimum atomic E-state index is -4.09. The van der Waals surface area contributed by atoms with Crippen molar-refractivity contribution in [2.45, 2.75) is 58.0 Å². The van der Waals surface area contributed by atoms with E-state index in [0.29, 0.717) is 12.2 Å². The van der Waals surface area contributed by atoms with E-state index in [0.717, 1.165) is 38.3 Å². The summed E-state index contributed by atoms with van der Waals surface area (Å²) in [4.78, 5) is 28.5. The molecule has 0 aliphatic heterocycles. The van der Waals surface area contributed by atoms with Crippen LogP contribution in [0.2, 0.25) is 0 Å². The summed E-state index contributed by atoms with van der Waals surface area (Å²) in [6, 6.07) is 20.2. The molecule has 0 spiro atoms. The van der Waals surface area contributed by atoms with E-state index in [2.05, 4.69) is 21.2 Å². The van der Waals surface area contributed by atoms with Crippen molar-refractivity contribution < 1.29 is 18.0 Å². The van der Waals surface area contributed by atoms with Gasteiger partial charge in [-0.3, -0.25) is 13.9 Å². The molecule has 2 amide bonds. The number of carbonyl (C=O) groups is 2. The van der Waals surface area contributed by atoms with Gasteiger partial charge < -0.3 is 10.2 Å². The number of carbonyl (C=O) groups excluding carboxylic acids is 2.